The third-order valence-electron chi connectivity index (χ3n) is 10.6. The van der Waals surface area contributed by atoms with Crippen molar-refractivity contribution in [2.24, 2.45) is 5.73 Å². The van der Waals surface area contributed by atoms with E-state index in [2.05, 4.69) is 19.2 Å². The summed E-state index contributed by atoms with van der Waals surface area (Å²) in [4.78, 5) is 27.6. The van der Waals surface area contributed by atoms with Gasteiger partial charge in [0.2, 0.25) is 5.91 Å². The standard InChI is InChI=1S/C42H83N3O7/c1-4-6-8-10-12-14-16-18-19-20-21-23-25-27-29-31-33-51-42(50)45(32-30-28-26-24-22-17-15-13-11-9-7-5-2)41-37(44-40(49)35(3)43)39(48)38(47)36(34-46)52-41/h35-39,41,46-48H,4-34,43H2,1-3H3,(H,44,49)/t35-,36+,37+,38+,39+,41+/m0/s1. The van der Waals surface area contributed by atoms with Crippen LogP contribution in [0.5, 0.6) is 0 Å². The molecule has 1 fully saturated rings. The quantitative estimate of drug-likeness (QED) is 0.0411. The van der Waals surface area contributed by atoms with Crippen LogP contribution in [-0.4, -0.2) is 88.6 Å². The molecule has 10 nitrogen and oxygen atoms in total. The average Bonchev–Trinajstić information content (AvgIpc) is 3.13. The SMILES string of the molecule is CCCCCCCCCCCCCCCCCCOC(=O)N(CCCCCCCCCCCCCC)[C@@H]1O[C@H](CO)[C@@H](O)[C@H](O)[C@H]1NC(=O)[C@H](C)N. The summed E-state index contributed by atoms with van der Waals surface area (Å²) in [5.74, 6) is -0.542. The van der Waals surface area contributed by atoms with E-state index < -0.39 is 55.2 Å². The van der Waals surface area contributed by atoms with E-state index in [0.29, 0.717) is 13.0 Å². The number of nitrogens with zero attached hydrogens (tertiary/aromatic N) is 1. The molecule has 0 bridgehead atoms. The predicted molar refractivity (Wildman–Crippen MR) is 212 cm³/mol. The van der Waals surface area contributed by atoms with Crippen LogP contribution in [0, 0.1) is 0 Å². The molecule has 2 amide bonds. The van der Waals surface area contributed by atoms with Gasteiger partial charge in [0.05, 0.1) is 19.3 Å². The molecule has 10 heteroatoms. The van der Waals surface area contributed by atoms with Crippen LogP contribution in [0.3, 0.4) is 0 Å². The summed E-state index contributed by atoms with van der Waals surface area (Å²) in [7, 11) is 0. The van der Waals surface area contributed by atoms with E-state index >= 15 is 0 Å². The molecule has 308 valence electrons. The van der Waals surface area contributed by atoms with Gasteiger partial charge < -0.3 is 35.8 Å². The number of aliphatic hydroxyl groups excluding tert-OH is 3. The van der Waals surface area contributed by atoms with Crippen LogP contribution in [0.4, 0.5) is 4.79 Å². The van der Waals surface area contributed by atoms with Gasteiger partial charge in [-0.05, 0) is 19.8 Å². The van der Waals surface area contributed by atoms with Crippen molar-refractivity contribution in [3.8, 4) is 0 Å². The predicted octanol–water partition coefficient (Wildman–Crippen LogP) is 8.66. The van der Waals surface area contributed by atoms with Crippen LogP contribution in [0.15, 0.2) is 0 Å². The molecule has 0 unspecified atom stereocenters. The van der Waals surface area contributed by atoms with Crippen LogP contribution in [0.1, 0.15) is 201 Å². The summed E-state index contributed by atoms with van der Waals surface area (Å²) in [6, 6.07) is -2.01. The third-order valence-corrected chi connectivity index (χ3v) is 10.6. The fraction of sp³-hybridized carbons (Fsp3) is 0.952. The van der Waals surface area contributed by atoms with Crippen molar-refractivity contribution in [3.63, 3.8) is 0 Å². The Labute approximate surface area is 318 Å². The first-order valence-electron chi connectivity index (χ1n) is 21.9. The van der Waals surface area contributed by atoms with E-state index in [1.807, 2.05) is 0 Å². The van der Waals surface area contributed by atoms with E-state index in [-0.39, 0.29) is 6.61 Å². The van der Waals surface area contributed by atoms with E-state index in [4.69, 9.17) is 15.2 Å². The second-order valence-electron chi connectivity index (χ2n) is 15.6. The molecule has 1 rings (SSSR count). The minimum Gasteiger partial charge on any atom is -0.449 e. The molecule has 1 heterocycles. The van der Waals surface area contributed by atoms with Gasteiger partial charge in [0, 0.05) is 6.54 Å². The summed E-state index contributed by atoms with van der Waals surface area (Å²) in [5, 5.41) is 34.2. The highest BCUT2D eigenvalue weighted by Crippen LogP contribution is 2.26. The van der Waals surface area contributed by atoms with Gasteiger partial charge in [0.15, 0.2) is 6.23 Å². The Morgan fingerprint density at radius 2 is 1.04 bits per heavy atom. The fourth-order valence-electron chi connectivity index (χ4n) is 7.15. The normalized spacial score (nSPS) is 20.9. The fourth-order valence-corrected chi connectivity index (χ4v) is 7.15. The van der Waals surface area contributed by atoms with E-state index in [1.165, 1.54) is 147 Å². The Hall–Kier alpha value is -1.46. The molecular weight excluding hydrogens is 658 g/mol. The summed E-state index contributed by atoms with van der Waals surface area (Å²) < 4.78 is 11.7. The van der Waals surface area contributed by atoms with Crippen molar-refractivity contribution in [3.05, 3.63) is 0 Å². The highest BCUT2D eigenvalue weighted by Gasteiger charge is 2.48. The van der Waals surface area contributed by atoms with Gasteiger partial charge in [-0.15, -0.1) is 0 Å². The number of carbonyl (C=O) groups excluding carboxylic acids is 2. The van der Waals surface area contributed by atoms with Crippen molar-refractivity contribution in [1.82, 2.24) is 10.2 Å². The number of carbonyl (C=O) groups is 2. The summed E-state index contributed by atoms with van der Waals surface area (Å²) in [5.41, 5.74) is 5.79. The largest absolute Gasteiger partial charge is 0.449 e. The lowest BCUT2D eigenvalue weighted by atomic mass is 9.95. The number of nitrogens with one attached hydrogen (secondary N) is 1. The van der Waals surface area contributed by atoms with Crippen LogP contribution in [-0.2, 0) is 14.3 Å². The maximum Gasteiger partial charge on any atom is 0.411 e. The van der Waals surface area contributed by atoms with Crippen LogP contribution in [0.25, 0.3) is 0 Å². The minimum atomic E-state index is -1.48. The van der Waals surface area contributed by atoms with E-state index in [9.17, 15) is 24.9 Å². The number of amides is 2. The lowest BCUT2D eigenvalue weighted by Crippen LogP contribution is -2.69. The zero-order valence-electron chi connectivity index (χ0n) is 33.9. The van der Waals surface area contributed by atoms with Gasteiger partial charge in [-0.3, -0.25) is 9.69 Å². The number of nitrogens with two attached hydrogens (primary N) is 1. The van der Waals surface area contributed by atoms with Crippen molar-refractivity contribution < 1.29 is 34.4 Å². The number of ether oxygens (including phenoxy) is 2. The Balaban J connectivity index is 2.53. The number of hydrogen-bond donors (Lipinski definition) is 5. The van der Waals surface area contributed by atoms with Crippen molar-refractivity contribution in [1.29, 1.82) is 0 Å². The Bertz CT molecular complexity index is 848. The molecule has 6 N–H and O–H groups in total. The first-order valence-corrected chi connectivity index (χ1v) is 21.9. The van der Waals surface area contributed by atoms with Gasteiger partial charge in [-0.25, -0.2) is 4.79 Å². The smallest absolute Gasteiger partial charge is 0.411 e. The second kappa shape index (κ2) is 32.9. The van der Waals surface area contributed by atoms with Gasteiger partial charge in [-0.2, -0.15) is 0 Å². The lowest BCUT2D eigenvalue weighted by Gasteiger charge is -2.46. The van der Waals surface area contributed by atoms with Crippen molar-refractivity contribution in [2.75, 3.05) is 19.8 Å². The molecule has 0 aromatic rings. The number of aliphatic hydroxyl groups is 3. The molecule has 0 aliphatic carbocycles. The summed E-state index contributed by atoms with van der Waals surface area (Å²) in [6.45, 7) is 6.04. The molecule has 0 aromatic carbocycles. The number of hydrogen-bond acceptors (Lipinski definition) is 8. The summed E-state index contributed by atoms with van der Waals surface area (Å²) >= 11 is 0. The average molecular weight is 742 g/mol. The van der Waals surface area contributed by atoms with E-state index in [1.54, 1.807) is 0 Å². The molecule has 1 aliphatic heterocycles. The molecule has 0 radical (unpaired) electrons. The van der Waals surface area contributed by atoms with Crippen LogP contribution in [0.2, 0.25) is 0 Å². The number of rotatable bonds is 34. The van der Waals surface area contributed by atoms with Crippen molar-refractivity contribution >= 4 is 12.0 Å². The topological polar surface area (TPSA) is 155 Å². The molecule has 0 aromatic heterocycles. The highest BCUT2D eigenvalue weighted by molar-refractivity contribution is 5.81. The molecule has 0 saturated carbocycles. The minimum absolute atomic E-state index is 0.268. The van der Waals surface area contributed by atoms with Crippen LogP contribution < -0.4 is 11.1 Å². The van der Waals surface area contributed by atoms with Gasteiger partial charge in [0.25, 0.3) is 0 Å². The second-order valence-corrected chi connectivity index (χ2v) is 15.6. The lowest BCUT2D eigenvalue weighted by molar-refractivity contribution is -0.226. The number of unbranched alkanes of at least 4 members (excludes halogenated alkanes) is 26. The molecular formula is C42H83N3O7. The third kappa shape index (κ3) is 22.7. The first-order chi connectivity index (χ1) is 25.3. The zero-order valence-corrected chi connectivity index (χ0v) is 33.9. The molecule has 52 heavy (non-hydrogen) atoms. The van der Waals surface area contributed by atoms with Crippen LogP contribution >= 0.6 is 0 Å². The molecule has 0 spiro atoms. The molecule has 1 aliphatic rings. The maximum atomic E-state index is 13.6. The van der Waals surface area contributed by atoms with Crippen molar-refractivity contribution in [2.45, 2.75) is 237 Å². The first kappa shape index (κ1) is 48.6. The summed E-state index contributed by atoms with van der Waals surface area (Å²) in [6.07, 6.45) is 28.6. The maximum absolute atomic E-state index is 13.6. The van der Waals surface area contributed by atoms with Gasteiger partial charge >= 0.3 is 6.09 Å². The highest BCUT2D eigenvalue weighted by atomic mass is 16.6. The Kier molecular flexibility index (Phi) is 30.7. The molecule has 1 saturated heterocycles. The van der Waals surface area contributed by atoms with E-state index in [0.717, 1.165) is 38.5 Å². The molecule has 6 atom stereocenters. The monoisotopic (exact) mass is 742 g/mol. The Morgan fingerprint density at radius 1 is 0.654 bits per heavy atom. The van der Waals surface area contributed by atoms with Gasteiger partial charge in [-0.1, -0.05) is 181 Å². The Morgan fingerprint density at radius 3 is 1.42 bits per heavy atom. The zero-order chi connectivity index (χ0) is 38.2. The van der Waals surface area contributed by atoms with Gasteiger partial charge in [0.1, 0.15) is 24.4 Å².